The molecule has 0 radical (unpaired) electrons. The molecule has 1 amide bonds. The van der Waals surface area contributed by atoms with Gasteiger partial charge in [0.05, 0.1) is 7.11 Å². The molecule has 0 saturated carbocycles. The van der Waals surface area contributed by atoms with Gasteiger partial charge in [0.15, 0.2) is 11.5 Å². The van der Waals surface area contributed by atoms with E-state index < -0.39 is 11.7 Å². The molecule has 0 aliphatic carbocycles. The van der Waals surface area contributed by atoms with Crippen LogP contribution in [0.15, 0.2) is 18.2 Å². The third-order valence-corrected chi connectivity index (χ3v) is 2.33. The highest BCUT2D eigenvalue weighted by Gasteiger charge is 2.15. The molecule has 0 atom stereocenters. The first-order valence-electron chi connectivity index (χ1n) is 6.64. The van der Waals surface area contributed by atoms with Gasteiger partial charge in [0, 0.05) is 18.5 Å². The smallest absolute Gasteiger partial charge is 0.407 e. The van der Waals surface area contributed by atoms with Crippen molar-refractivity contribution in [2.24, 2.45) is 0 Å². The quantitative estimate of drug-likeness (QED) is 0.663. The molecule has 5 nitrogen and oxygen atoms in total. The Morgan fingerprint density at radius 3 is 2.67 bits per heavy atom. The Morgan fingerprint density at radius 1 is 1.38 bits per heavy atom. The first-order chi connectivity index (χ1) is 9.81. The number of carbonyl (C=O) groups is 1. The average molecular weight is 291 g/mol. The third-order valence-electron chi connectivity index (χ3n) is 2.33. The van der Waals surface area contributed by atoms with E-state index in [2.05, 4.69) is 17.2 Å². The van der Waals surface area contributed by atoms with E-state index in [1.54, 1.807) is 12.1 Å². The van der Waals surface area contributed by atoms with Crippen molar-refractivity contribution in [2.75, 3.05) is 13.7 Å². The molecule has 1 aromatic carbocycles. The van der Waals surface area contributed by atoms with Gasteiger partial charge in [0.25, 0.3) is 0 Å². The van der Waals surface area contributed by atoms with Crippen molar-refractivity contribution in [3.8, 4) is 23.3 Å². The summed E-state index contributed by atoms with van der Waals surface area (Å²) in [5, 5.41) is 12.2. The van der Waals surface area contributed by atoms with Gasteiger partial charge in [-0.05, 0) is 39.0 Å². The molecule has 2 N–H and O–H groups in total. The number of hydrogen-bond donors (Lipinski definition) is 2. The lowest BCUT2D eigenvalue weighted by Crippen LogP contribution is -2.32. The molecule has 1 rings (SSSR count). The van der Waals surface area contributed by atoms with Gasteiger partial charge in [-0.3, -0.25) is 0 Å². The SMILES string of the molecule is COc1ccc(C#CCCNC(=O)OC(C)(C)C)cc1O. The Morgan fingerprint density at radius 2 is 2.10 bits per heavy atom. The lowest BCUT2D eigenvalue weighted by Gasteiger charge is -2.19. The molecule has 0 saturated heterocycles. The van der Waals surface area contributed by atoms with E-state index in [1.165, 1.54) is 13.2 Å². The van der Waals surface area contributed by atoms with E-state index in [-0.39, 0.29) is 5.75 Å². The van der Waals surface area contributed by atoms with Crippen LogP contribution in [0.5, 0.6) is 11.5 Å². The van der Waals surface area contributed by atoms with Crippen LogP contribution in [0.4, 0.5) is 4.79 Å². The summed E-state index contributed by atoms with van der Waals surface area (Å²) >= 11 is 0. The summed E-state index contributed by atoms with van der Waals surface area (Å²) in [6.07, 6.45) is 0.0397. The van der Waals surface area contributed by atoms with Crippen LogP contribution in [0.1, 0.15) is 32.8 Å². The Balaban J connectivity index is 2.40. The molecule has 0 aliphatic heterocycles. The number of nitrogens with one attached hydrogen (secondary N) is 1. The number of phenols is 1. The number of methoxy groups -OCH3 is 1. The lowest BCUT2D eigenvalue weighted by atomic mass is 10.2. The summed E-state index contributed by atoms with van der Waals surface area (Å²) in [6, 6.07) is 4.94. The van der Waals surface area contributed by atoms with Crippen molar-refractivity contribution in [1.82, 2.24) is 5.32 Å². The van der Waals surface area contributed by atoms with E-state index >= 15 is 0 Å². The summed E-state index contributed by atoms with van der Waals surface area (Å²) in [5.41, 5.74) is 0.182. The highest BCUT2D eigenvalue weighted by atomic mass is 16.6. The summed E-state index contributed by atoms with van der Waals surface area (Å²) in [5.74, 6) is 6.27. The number of phenolic OH excluding ortho intramolecular Hbond substituents is 1. The van der Waals surface area contributed by atoms with Crippen LogP contribution in [-0.4, -0.2) is 30.5 Å². The average Bonchev–Trinajstić information content (AvgIpc) is 2.36. The highest BCUT2D eigenvalue weighted by molar-refractivity contribution is 5.67. The molecule has 0 spiro atoms. The number of ether oxygens (including phenoxy) is 2. The Hall–Kier alpha value is -2.35. The Labute approximate surface area is 125 Å². The molecule has 0 unspecified atom stereocenters. The van der Waals surface area contributed by atoms with Gasteiger partial charge in [0.2, 0.25) is 0 Å². The van der Waals surface area contributed by atoms with Crippen LogP contribution in [-0.2, 0) is 4.74 Å². The number of benzene rings is 1. The maximum absolute atomic E-state index is 11.4. The molecular formula is C16H21NO4. The third kappa shape index (κ3) is 6.57. The number of alkyl carbamates (subject to hydrolysis) is 1. The van der Waals surface area contributed by atoms with Crippen LogP contribution in [0.3, 0.4) is 0 Å². The Bertz CT molecular complexity index is 550. The maximum atomic E-state index is 11.4. The summed E-state index contributed by atoms with van der Waals surface area (Å²) in [4.78, 5) is 11.4. The van der Waals surface area contributed by atoms with Crippen LogP contribution in [0.25, 0.3) is 0 Å². The minimum absolute atomic E-state index is 0.0520. The fraction of sp³-hybridized carbons (Fsp3) is 0.438. The zero-order valence-electron chi connectivity index (χ0n) is 12.8. The normalized spacial score (nSPS) is 10.3. The molecular weight excluding hydrogens is 270 g/mol. The van der Waals surface area contributed by atoms with Gasteiger partial charge in [-0.15, -0.1) is 0 Å². The van der Waals surface area contributed by atoms with Crippen molar-refractivity contribution in [3.05, 3.63) is 23.8 Å². The standard InChI is InChI=1S/C16H21NO4/c1-16(2,3)21-15(19)17-10-6-5-7-12-8-9-14(20-4)13(18)11-12/h8-9,11,18H,6,10H2,1-4H3,(H,17,19). The molecule has 0 bridgehead atoms. The molecule has 114 valence electrons. The van der Waals surface area contributed by atoms with Gasteiger partial charge in [-0.25, -0.2) is 4.79 Å². The van der Waals surface area contributed by atoms with Gasteiger partial charge in [0.1, 0.15) is 5.60 Å². The maximum Gasteiger partial charge on any atom is 0.407 e. The van der Waals surface area contributed by atoms with Crippen molar-refractivity contribution >= 4 is 6.09 Å². The first-order valence-corrected chi connectivity index (χ1v) is 6.64. The van der Waals surface area contributed by atoms with Crippen LogP contribution < -0.4 is 10.1 Å². The van der Waals surface area contributed by atoms with E-state index in [4.69, 9.17) is 9.47 Å². The number of aromatic hydroxyl groups is 1. The van der Waals surface area contributed by atoms with Gasteiger partial charge < -0.3 is 19.9 Å². The second kappa shape index (κ2) is 7.44. The number of hydrogen-bond acceptors (Lipinski definition) is 4. The minimum Gasteiger partial charge on any atom is -0.504 e. The van der Waals surface area contributed by atoms with E-state index in [0.29, 0.717) is 24.3 Å². The number of rotatable bonds is 3. The monoisotopic (exact) mass is 291 g/mol. The predicted molar refractivity (Wildman–Crippen MR) is 80.4 cm³/mol. The topological polar surface area (TPSA) is 67.8 Å². The fourth-order valence-corrected chi connectivity index (χ4v) is 1.47. The highest BCUT2D eigenvalue weighted by Crippen LogP contribution is 2.25. The molecule has 0 aliphatic rings. The second-order valence-corrected chi connectivity index (χ2v) is 5.37. The molecule has 21 heavy (non-hydrogen) atoms. The molecule has 0 fully saturated rings. The van der Waals surface area contributed by atoms with E-state index in [9.17, 15) is 9.90 Å². The zero-order valence-corrected chi connectivity index (χ0v) is 12.8. The molecule has 1 aromatic rings. The summed E-state index contributed by atoms with van der Waals surface area (Å²) < 4.78 is 10.0. The number of carbonyl (C=O) groups excluding carboxylic acids is 1. The predicted octanol–water partition coefficient (Wildman–Crippen LogP) is 2.67. The first kappa shape index (κ1) is 16.7. The van der Waals surface area contributed by atoms with Crippen molar-refractivity contribution in [2.45, 2.75) is 32.8 Å². The van der Waals surface area contributed by atoms with Crippen LogP contribution in [0, 0.1) is 11.8 Å². The van der Waals surface area contributed by atoms with Gasteiger partial charge in [-0.2, -0.15) is 0 Å². The Kier molecular flexibility index (Phi) is 5.92. The summed E-state index contributed by atoms with van der Waals surface area (Å²) in [6.45, 7) is 5.83. The van der Waals surface area contributed by atoms with Gasteiger partial charge in [-0.1, -0.05) is 11.8 Å². The zero-order chi connectivity index (χ0) is 15.9. The van der Waals surface area contributed by atoms with E-state index in [1.807, 2.05) is 20.8 Å². The molecule has 0 aromatic heterocycles. The van der Waals surface area contributed by atoms with Gasteiger partial charge >= 0.3 is 6.09 Å². The second-order valence-electron chi connectivity index (χ2n) is 5.37. The van der Waals surface area contributed by atoms with Crippen LogP contribution >= 0.6 is 0 Å². The number of amides is 1. The lowest BCUT2D eigenvalue weighted by molar-refractivity contribution is 0.0529. The van der Waals surface area contributed by atoms with Crippen molar-refractivity contribution in [3.63, 3.8) is 0 Å². The fourth-order valence-electron chi connectivity index (χ4n) is 1.47. The summed E-state index contributed by atoms with van der Waals surface area (Å²) in [7, 11) is 1.49. The van der Waals surface area contributed by atoms with Crippen molar-refractivity contribution < 1.29 is 19.4 Å². The van der Waals surface area contributed by atoms with Crippen molar-refractivity contribution in [1.29, 1.82) is 0 Å². The molecule has 5 heteroatoms. The van der Waals surface area contributed by atoms with E-state index in [0.717, 1.165) is 0 Å². The van der Waals surface area contributed by atoms with Crippen LogP contribution in [0.2, 0.25) is 0 Å². The molecule has 0 heterocycles. The largest absolute Gasteiger partial charge is 0.504 e. The minimum atomic E-state index is -0.504.